The summed E-state index contributed by atoms with van der Waals surface area (Å²) in [6, 6.07) is 17.6. The molecule has 3 N–H and O–H groups in total. The van der Waals surface area contributed by atoms with Crippen LogP contribution < -0.4 is 15.4 Å². The van der Waals surface area contributed by atoms with Crippen molar-refractivity contribution in [3.63, 3.8) is 0 Å². The van der Waals surface area contributed by atoms with Gasteiger partial charge in [0.25, 0.3) is 10.0 Å². The maximum absolute atomic E-state index is 12.4. The van der Waals surface area contributed by atoms with Gasteiger partial charge in [0, 0.05) is 37.0 Å². The fraction of sp³-hybridized carbons (Fsp3) is 0.0476. The monoisotopic (exact) mass is 465 g/mol. The molecule has 2 heterocycles. The number of nitrogens with one attached hydrogen (secondary N) is 3. The van der Waals surface area contributed by atoms with E-state index in [1.54, 1.807) is 29.1 Å². The molecule has 2 aromatic heterocycles. The third-order valence-corrected chi connectivity index (χ3v) is 5.96. The van der Waals surface area contributed by atoms with Crippen molar-refractivity contribution in [1.82, 2.24) is 25.1 Å². The summed E-state index contributed by atoms with van der Waals surface area (Å²) in [5, 5.41) is 10.8. The summed E-state index contributed by atoms with van der Waals surface area (Å²) < 4.78 is 29.0. The molecule has 0 aliphatic heterocycles. The number of nitrogens with zero attached hydrogens (tertiary/aromatic N) is 4. The minimum atomic E-state index is -3.78. The highest BCUT2D eigenvalue weighted by Gasteiger charge is 2.15. The molecule has 0 saturated heterocycles. The quantitative estimate of drug-likeness (QED) is 0.357. The maximum Gasteiger partial charge on any atom is 0.264 e. The first kappa shape index (κ1) is 21.4. The first-order chi connectivity index (χ1) is 15.5. The van der Waals surface area contributed by atoms with E-state index in [1.165, 1.54) is 24.5 Å². The van der Waals surface area contributed by atoms with Crippen molar-refractivity contribution in [2.45, 2.75) is 11.4 Å². The van der Waals surface area contributed by atoms with E-state index in [9.17, 15) is 8.42 Å². The smallest absolute Gasteiger partial charge is 0.264 e. The summed E-state index contributed by atoms with van der Waals surface area (Å²) in [5.41, 5.74) is 2.69. The molecule has 0 saturated carbocycles. The SMILES string of the molecule is O=S(=O)(Nc1ncccn1)c1ccc(NC(=S)NCc2ccc(-n3cccn3)cc2)cc1. The second kappa shape index (κ2) is 9.54. The molecule has 4 aromatic rings. The molecule has 0 aliphatic carbocycles. The highest BCUT2D eigenvalue weighted by molar-refractivity contribution is 7.92. The van der Waals surface area contributed by atoms with E-state index in [-0.39, 0.29) is 10.8 Å². The van der Waals surface area contributed by atoms with Crippen LogP contribution in [0.25, 0.3) is 5.69 Å². The largest absolute Gasteiger partial charge is 0.358 e. The van der Waals surface area contributed by atoms with Crippen molar-refractivity contribution in [3.8, 4) is 5.69 Å². The number of rotatable bonds is 7. The van der Waals surface area contributed by atoms with Crippen molar-refractivity contribution < 1.29 is 8.42 Å². The number of thiocarbonyl (C=S) groups is 1. The molecule has 0 fully saturated rings. The van der Waals surface area contributed by atoms with Crippen LogP contribution in [-0.4, -0.2) is 33.3 Å². The predicted octanol–water partition coefficient (Wildman–Crippen LogP) is 2.95. The Morgan fingerprint density at radius 3 is 2.31 bits per heavy atom. The van der Waals surface area contributed by atoms with Gasteiger partial charge in [-0.3, -0.25) is 0 Å². The van der Waals surface area contributed by atoms with Gasteiger partial charge in [0.05, 0.1) is 10.6 Å². The van der Waals surface area contributed by atoms with Crippen LogP contribution in [0.2, 0.25) is 0 Å². The Morgan fingerprint density at radius 2 is 1.66 bits per heavy atom. The van der Waals surface area contributed by atoms with Crippen molar-refractivity contribution in [2.75, 3.05) is 10.0 Å². The molecule has 11 heteroatoms. The molecule has 162 valence electrons. The zero-order valence-corrected chi connectivity index (χ0v) is 18.3. The van der Waals surface area contributed by atoms with Crippen LogP contribution in [0.1, 0.15) is 5.56 Å². The lowest BCUT2D eigenvalue weighted by atomic mass is 10.2. The Labute approximate surface area is 190 Å². The van der Waals surface area contributed by atoms with Crippen molar-refractivity contribution in [2.24, 2.45) is 0 Å². The second-order valence-corrected chi connectivity index (χ2v) is 8.72. The molecule has 2 aromatic carbocycles. The molecule has 0 spiro atoms. The molecule has 4 rings (SSSR count). The number of sulfonamides is 1. The Kier molecular flexibility index (Phi) is 6.38. The van der Waals surface area contributed by atoms with Gasteiger partial charge in [-0.2, -0.15) is 5.10 Å². The Hall–Kier alpha value is -3.83. The van der Waals surface area contributed by atoms with Crippen LogP contribution >= 0.6 is 12.2 Å². The van der Waals surface area contributed by atoms with Gasteiger partial charge in [-0.15, -0.1) is 0 Å². The topological polar surface area (TPSA) is 114 Å². The summed E-state index contributed by atoms with van der Waals surface area (Å²) in [7, 11) is -3.78. The van der Waals surface area contributed by atoms with Gasteiger partial charge in [0.2, 0.25) is 5.95 Å². The lowest BCUT2D eigenvalue weighted by Crippen LogP contribution is -2.27. The van der Waals surface area contributed by atoms with Crippen LogP contribution in [0, 0.1) is 0 Å². The third kappa shape index (κ3) is 5.45. The molecule has 0 aliphatic rings. The Balaban J connectivity index is 1.31. The third-order valence-electron chi connectivity index (χ3n) is 4.37. The lowest BCUT2D eigenvalue weighted by molar-refractivity contribution is 0.601. The normalized spacial score (nSPS) is 11.0. The first-order valence-electron chi connectivity index (χ1n) is 9.53. The molecule has 0 radical (unpaired) electrons. The summed E-state index contributed by atoms with van der Waals surface area (Å²) in [4.78, 5) is 7.82. The van der Waals surface area contributed by atoms with Gasteiger partial charge in [0.15, 0.2) is 5.11 Å². The number of hydrogen-bond donors (Lipinski definition) is 3. The Bertz CT molecular complexity index is 1280. The van der Waals surface area contributed by atoms with Crippen LogP contribution in [0.3, 0.4) is 0 Å². The lowest BCUT2D eigenvalue weighted by Gasteiger charge is -2.12. The highest BCUT2D eigenvalue weighted by Crippen LogP contribution is 2.16. The van der Waals surface area contributed by atoms with Gasteiger partial charge >= 0.3 is 0 Å². The first-order valence-corrected chi connectivity index (χ1v) is 11.4. The van der Waals surface area contributed by atoms with Gasteiger partial charge in [-0.1, -0.05) is 12.1 Å². The van der Waals surface area contributed by atoms with Crippen LogP contribution in [0.15, 0.2) is 90.3 Å². The van der Waals surface area contributed by atoms with Crippen molar-refractivity contribution >= 4 is 39.0 Å². The van der Waals surface area contributed by atoms with Gasteiger partial charge < -0.3 is 10.6 Å². The predicted molar refractivity (Wildman–Crippen MR) is 126 cm³/mol. The molecular formula is C21H19N7O2S2. The minimum absolute atomic E-state index is 0.0118. The van der Waals surface area contributed by atoms with E-state index in [0.717, 1.165) is 11.3 Å². The van der Waals surface area contributed by atoms with Crippen LogP contribution in [0.4, 0.5) is 11.6 Å². The fourth-order valence-corrected chi connectivity index (χ4v) is 3.94. The van der Waals surface area contributed by atoms with Gasteiger partial charge in [-0.05, 0) is 66.3 Å². The van der Waals surface area contributed by atoms with Crippen molar-refractivity contribution in [3.05, 3.63) is 91.0 Å². The van der Waals surface area contributed by atoms with Gasteiger partial charge in [-0.25, -0.2) is 27.8 Å². The zero-order chi connectivity index (χ0) is 22.4. The maximum atomic E-state index is 12.4. The van der Waals surface area contributed by atoms with Crippen LogP contribution in [-0.2, 0) is 16.6 Å². The number of benzene rings is 2. The molecule has 0 amide bonds. The molecule has 9 nitrogen and oxygen atoms in total. The summed E-state index contributed by atoms with van der Waals surface area (Å²) in [5.74, 6) is 0.0118. The van der Waals surface area contributed by atoms with E-state index < -0.39 is 10.0 Å². The fourth-order valence-electron chi connectivity index (χ4n) is 2.79. The standard InChI is InChI=1S/C21H19N7O2S2/c29-32(30,27-20-22-11-1-12-23-20)19-9-5-17(6-10-19)26-21(31)24-15-16-3-7-18(8-4-16)28-14-2-13-25-28/h1-14H,15H2,(H,22,23,27)(H2,24,26,31). The zero-order valence-electron chi connectivity index (χ0n) is 16.7. The average Bonchev–Trinajstić information content (AvgIpc) is 3.34. The van der Waals surface area contributed by atoms with E-state index in [2.05, 4.69) is 30.4 Å². The van der Waals surface area contributed by atoms with E-state index in [1.807, 2.05) is 36.5 Å². The Morgan fingerprint density at radius 1 is 0.938 bits per heavy atom. The summed E-state index contributed by atoms with van der Waals surface area (Å²) >= 11 is 5.34. The van der Waals surface area contributed by atoms with Crippen molar-refractivity contribution in [1.29, 1.82) is 0 Å². The number of anilines is 2. The molecule has 0 atom stereocenters. The molecular weight excluding hydrogens is 446 g/mol. The van der Waals surface area contributed by atoms with E-state index in [4.69, 9.17) is 12.2 Å². The van der Waals surface area contributed by atoms with E-state index in [0.29, 0.717) is 17.3 Å². The minimum Gasteiger partial charge on any atom is -0.358 e. The van der Waals surface area contributed by atoms with Gasteiger partial charge in [0.1, 0.15) is 0 Å². The highest BCUT2D eigenvalue weighted by atomic mass is 32.2. The summed E-state index contributed by atoms with van der Waals surface area (Å²) in [6.07, 6.45) is 6.53. The summed E-state index contributed by atoms with van der Waals surface area (Å²) in [6.45, 7) is 0.540. The van der Waals surface area contributed by atoms with Crippen LogP contribution in [0.5, 0.6) is 0 Å². The molecule has 32 heavy (non-hydrogen) atoms. The number of aromatic nitrogens is 4. The molecule has 0 bridgehead atoms. The number of hydrogen-bond acceptors (Lipinski definition) is 6. The molecule has 0 unspecified atom stereocenters. The average molecular weight is 466 g/mol. The second-order valence-electron chi connectivity index (χ2n) is 6.63. The van der Waals surface area contributed by atoms with E-state index >= 15 is 0 Å².